The topological polar surface area (TPSA) is 46.3 Å². The number of nitrogens with two attached hydrogens (primary N) is 1. The lowest BCUT2D eigenvalue weighted by Gasteiger charge is -2.36. The third-order valence-corrected chi connectivity index (χ3v) is 6.12. The fourth-order valence-corrected chi connectivity index (χ4v) is 5.57. The molecule has 1 aliphatic heterocycles. The van der Waals surface area contributed by atoms with E-state index in [0.717, 1.165) is 14.0 Å². The fraction of sp³-hybridized carbons (Fsp3) is 0.267. The molecular weight excluding hydrogens is 416 g/mol. The van der Waals surface area contributed by atoms with Crippen molar-refractivity contribution in [3.63, 3.8) is 0 Å². The molecule has 1 unspecified atom stereocenters. The molecule has 1 aromatic heterocycles. The summed E-state index contributed by atoms with van der Waals surface area (Å²) in [6, 6.07) is 10.1. The molecule has 2 aromatic rings. The molecule has 0 spiro atoms. The van der Waals surface area contributed by atoms with E-state index in [1.807, 2.05) is 23.1 Å². The summed E-state index contributed by atoms with van der Waals surface area (Å²) in [6.07, 6.45) is 0.876. The van der Waals surface area contributed by atoms with Crippen LogP contribution in [0.2, 0.25) is 0 Å². The molecular formula is C15H14Br2N2OS. The van der Waals surface area contributed by atoms with Gasteiger partial charge in [-0.05, 0) is 55.5 Å². The summed E-state index contributed by atoms with van der Waals surface area (Å²) in [6.45, 7) is 1.14. The van der Waals surface area contributed by atoms with Gasteiger partial charge in [-0.2, -0.15) is 0 Å². The number of carbonyl (C=O) groups is 1. The van der Waals surface area contributed by atoms with Crippen LogP contribution in [0.3, 0.4) is 0 Å². The van der Waals surface area contributed by atoms with Gasteiger partial charge >= 0.3 is 0 Å². The molecule has 2 N–H and O–H groups in total. The van der Waals surface area contributed by atoms with E-state index in [2.05, 4.69) is 44.0 Å². The van der Waals surface area contributed by atoms with E-state index in [1.54, 1.807) is 0 Å². The summed E-state index contributed by atoms with van der Waals surface area (Å²) in [5.41, 5.74) is 9.12. The van der Waals surface area contributed by atoms with Crippen molar-refractivity contribution >= 4 is 49.1 Å². The maximum Gasteiger partial charge on any atom is 0.256 e. The molecule has 2 heterocycles. The summed E-state index contributed by atoms with van der Waals surface area (Å²) in [7, 11) is 0. The van der Waals surface area contributed by atoms with Gasteiger partial charge in [-0.15, -0.1) is 11.3 Å². The second-order valence-electron chi connectivity index (χ2n) is 4.94. The van der Waals surface area contributed by atoms with Crippen LogP contribution in [-0.4, -0.2) is 23.9 Å². The molecule has 0 radical (unpaired) electrons. The van der Waals surface area contributed by atoms with E-state index in [0.29, 0.717) is 18.7 Å². The van der Waals surface area contributed by atoms with Crippen molar-refractivity contribution in [1.29, 1.82) is 0 Å². The van der Waals surface area contributed by atoms with E-state index in [-0.39, 0.29) is 11.9 Å². The largest absolute Gasteiger partial charge is 0.330 e. The maximum absolute atomic E-state index is 12.8. The Hall–Kier alpha value is -0.690. The van der Waals surface area contributed by atoms with Crippen LogP contribution in [0.4, 0.5) is 0 Å². The SMILES string of the molecule is NCC1c2ccccc2CCN1C(=O)c1cc(Br)sc1Br. The van der Waals surface area contributed by atoms with E-state index in [1.165, 1.54) is 22.5 Å². The highest BCUT2D eigenvalue weighted by Gasteiger charge is 2.31. The molecule has 0 fully saturated rings. The average molecular weight is 430 g/mol. The monoisotopic (exact) mass is 428 g/mol. The highest BCUT2D eigenvalue weighted by molar-refractivity contribution is 9.12. The predicted molar refractivity (Wildman–Crippen MR) is 92.7 cm³/mol. The second-order valence-corrected chi connectivity index (χ2v) is 8.69. The van der Waals surface area contributed by atoms with Crippen molar-refractivity contribution in [3.8, 4) is 0 Å². The number of carbonyl (C=O) groups excluding carboxylic acids is 1. The van der Waals surface area contributed by atoms with Crippen molar-refractivity contribution in [3.05, 3.63) is 54.6 Å². The van der Waals surface area contributed by atoms with E-state index in [9.17, 15) is 4.79 Å². The lowest BCUT2D eigenvalue weighted by molar-refractivity contribution is 0.0667. The molecule has 21 heavy (non-hydrogen) atoms. The molecule has 0 saturated heterocycles. The lowest BCUT2D eigenvalue weighted by Crippen LogP contribution is -2.43. The summed E-state index contributed by atoms with van der Waals surface area (Å²) in [5, 5.41) is 0. The molecule has 0 bridgehead atoms. The molecule has 3 nitrogen and oxygen atoms in total. The van der Waals surface area contributed by atoms with E-state index >= 15 is 0 Å². The van der Waals surface area contributed by atoms with Gasteiger partial charge in [0.25, 0.3) is 5.91 Å². The summed E-state index contributed by atoms with van der Waals surface area (Å²) in [4.78, 5) is 14.7. The van der Waals surface area contributed by atoms with Gasteiger partial charge in [-0.1, -0.05) is 24.3 Å². The number of hydrogen-bond acceptors (Lipinski definition) is 3. The van der Waals surface area contributed by atoms with Gasteiger partial charge in [-0.25, -0.2) is 0 Å². The van der Waals surface area contributed by atoms with Gasteiger partial charge in [0.1, 0.15) is 0 Å². The first-order valence-corrected chi connectivity index (χ1v) is 9.05. The van der Waals surface area contributed by atoms with Crippen LogP contribution in [0.1, 0.15) is 27.5 Å². The van der Waals surface area contributed by atoms with Gasteiger partial charge in [0.2, 0.25) is 0 Å². The zero-order valence-electron chi connectivity index (χ0n) is 11.2. The number of rotatable bonds is 2. The van der Waals surface area contributed by atoms with Gasteiger partial charge in [0.15, 0.2) is 0 Å². The Balaban J connectivity index is 1.96. The van der Waals surface area contributed by atoms with Crippen molar-refractivity contribution < 1.29 is 4.79 Å². The quantitative estimate of drug-likeness (QED) is 0.784. The summed E-state index contributed by atoms with van der Waals surface area (Å²) in [5.74, 6) is 0.0359. The van der Waals surface area contributed by atoms with Crippen molar-refractivity contribution in [2.45, 2.75) is 12.5 Å². The number of thiophene rings is 1. The van der Waals surface area contributed by atoms with E-state index in [4.69, 9.17) is 5.73 Å². The maximum atomic E-state index is 12.8. The first-order valence-electron chi connectivity index (χ1n) is 6.65. The predicted octanol–water partition coefficient (Wildman–Crippen LogP) is 3.97. The summed E-state index contributed by atoms with van der Waals surface area (Å²) >= 11 is 8.40. The Morgan fingerprint density at radius 1 is 1.38 bits per heavy atom. The Morgan fingerprint density at radius 2 is 2.14 bits per heavy atom. The zero-order chi connectivity index (χ0) is 15.0. The van der Waals surface area contributed by atoms with Gasteiger partial charge in [-0.3, -0.25) is 4.79 Å². The number of amides is 1. The highest BCUT2D eigenvalue weighted by atomic mass is 79.9. The summed E-state index contributed by atoms with van der Waals surface area (Å²) < 4.78 is 1.80. The molecule has 6 heteroatoms. The molecule has 1 aromatic carbocycles. The third-order valence-electron chi connectivity index (χ3n) is 3.78. The Kier molecular flexibility index (Phi) is 4.49. The first kappa shape index (κ1) is 15.2. The molecule has 0 saturated carbocycles. The molecule has 1 amide bonds. The molecule has 110 valence electrons. The Bertz CT molecular complexity index is 686. The Morgan fingerprint density at radius 3 is 2.81 bits per heavy atom. The van der Waals surface area contributed by atoms with Gasteiger partial charge in [0, 0.05) is 13.1 Å². The minimum Gasteiger partial charge on any atom is -0.330 e. The number of hydrogen-bond donors (Lipinski definition) is 1. The van der Waals surface area contributed by atoms with Crippen molar-refractivity contribution in [1.82, 2.24) is 4.90 Å². The Labute approximate surface area is 144 Å². The molecule has 3 rings (SSSR count). The van der Waals surface area contributed by atoms with Crippen molar-refractivity contribution in [2.24, 2.45) is 5.73 Å². The number of nitrogens with zero attached hydrogens (tertiary/aromatic N) is 1. The van der Waals surface area contributed by atoms with Gasteiger partial charge < -0.3 is 10.6 Å². The molecule has 1 atom stereocenters. The van der Waals surface area contributed by atoms with E-state index < -0.39 is 0 Å². The van der Waals surface area contributed by atoms with Crippen LogP contribution in [0.5, 0.6) is 0 Å². The van der Waals surface area contributed by atoms with Crippen LogP contribution in [0, 0.1) is 0 Å². The minimum absolute atomic E-state index is 0.0359. The number of halogens is 2. The fourth-order valence-electron chi connectivity index (χ4n) is 2.79. The van der Waals surface area contributed by atoms with Crippen molar-refractivity contribution in [2.75, 3.05) is 13.1 Å². The lowest BCUT2D eigenvalue weighted by atomic mass is 9.92. The molecule has 1 aliphatic rings. The first-order chi connectivity index (χ1) is 10.1. The standard InChI is InChI=1S/C15H14Br2N2OS/c16-13-7-11(14(17)21-13)15(20)19-6-5-9-3-1-2-4-10(9)12(19)8-18/h1-4,7,12H,5-6,8,18H2. The number of benzene rings is 1. The second kappa shape index (κ2) is 6.20. The van der Waals surface area contributed by atoms with Crippen LogP contribution >= 0.6 is 43.2 Å². The minimum atomic E-state index is -0.0481. The van der Waals surface area contributed by atoms with Crippen LogP contribution in [0.15, 0.2) is 37.9 Å². The van der Waals surface area contributed by atoms with Crippen LogP contribution < -0.4 is 5.73 Å². The number of fused-ring (bicyclic) bond motifs is 1. The third kappa shape index (κ3) is 2.82. The smallest absolute Gasteiger partial charge is 0.256 e. The normalized spacial score (nSPS) is 17.7. The average Bonchev–Trinajstić information content (AvgIpc) is 2.84. The zero-order valence-corrected chi connectivity index (χ0v) is 15.2. The van der Waals surface area contributed by atoms with Crippen LogP contribution in [0.25, 0.3) is 0 Å². The molecule has 0 aliphatic carbocycles. The highest BCUT2D eigenvalue weighted by Crippen LogP contribution is 2.36. The van der Waals surface area contributed by atoms with Crippen LogP contribution in [-0.2, 0) is 6.42 Å². The van der Waals surface area contributed by atoms with Gasteiger partial charge in [0.05, 0.1) is 19.2 Å².